The minimum absolute atomic E-state index is 0.00995. The maximum Gasteiger partial charge on any atom is 0.410 e. The van der Waals surface area contributed by atoms with Crippen LogP contribution in [0.5, 0.6) is 0 Å². The van der Waals surface area contributed by atoms with Gasteiger partial charge in [-0.15, -0.1) is 0 Å². The van der Waals surface area contributed by atoms with E-state index in [2.05, 4.69) is 0 Å². The highest BCUT2D eigenvalue weighted by molar-refractivity contribution is 5.68. The third kappa shape index (κ3) is 3.41. The standard InChI is InChI=1S/C13H16F2N2O2/c14-13(15)6-11(7-16)17(9-13)12(18)19-8-10-4-2-1-3-5-10/h1-5,11H,6-9,16H2. The first kappa shape index (κ1) is 13.7. The van der Waals surface area contributed by atoms with Crippen molar-refractivity contribution in [2.45, 2.75) is 25.0 Å². The maximum atomic E-state index is 13.3. The molecule has 1 atom stereocenters. The number of alkyl halides is 2. The second-order valence-electron chi connectivity index (χ2n) is 4.62. The van der Waals surface area contributed by atoms with Gasteiger partial charge in [-0.1, -0.05) is 30.3 Å². The first-order valence-corrected chi connectivity index (χ1v) is 6.07. The quantitative estimate of drug-likeness (QED) is 0.913. The molecule has 104 valence electrons. The largest absolute Gasteiger partial charge is 0.445 e. The van der Waals surface area contributed by atoms with Gasteiger partial charge >= 0.3 is 6.09 Å². The van der Waals surface area contributed by atoms with Crippen molar-refractivity contribution in [2.75, 3.05) is 13.1 Å². The van der Waals surface area contributed by atoms with Crippen LogP contribution in [0.3, 0.4) is 0 Å². The van der Waals surface area contributed by atoms with Gasteiger partial charge in [0.25, 0.3) is 5.92 Å². The van der Waals surface area contributed by atoms with Crippen LogP contribution in [-0.4, -0.2) is 36.0 Å². The third-order valence-electron chi connectivity index (χ3n) is 3.09. The third-order valence-corrected chi connectivity index (χ3v) is 3.09. The second-order valence-corrected chi connectivity index (χ2v) is 4.62. The van der Waals surface area contributed by atoms with Gasteiger partial charge in [0, 0.05) is 13.0 Å². The van der Waals surface area contributed by atoms with Crippen LogP contribution < -0.4 is 5.73 Å². The predicted molar refractivity (Wildman–Crippen MR) is 65.7 cm³/mol. The molecular weight excluding hydrogens is 254 g/mol. The summed E-state index contributed by atoms with van der Waals surface area (Å²) in [7, 11) is 0. The number of halogens is 2. The molecule has 0 aromatic heterocycles. The smallest absolute Gasteiger partial charge is 0.410 e. The molecule has 4 nitrogen and oxygen atoms in total. The van der Waals surface area contributed by atoms with Crippen LogP contribution in [0.1, 0.15) is 12.0 Å². The van der Waals surface area contributed by atoms with E-state index in [4.69, 9.17) is 10.5 Å². The zero-order valence-electron chi connectivity index (χ0n) is 10.4. The van der Waals surface area contributed by atoms with Crippen molar-refractivity contribution in [3.63, 3.8) is 0 Å². The summed E-state index contributed by atoms with van der Waals surface area (Å²) in [5, 5.41) is 0. The van der Waals surface area contributed by atoms with Crippen LogP contribution in [0.15, 0.2) is 30.3 Å². The molecule has 0 aliphatic carbocycles. The van der Waals surface area contributed by atoms with E-state index in [0.29, 0.717) is 0 Å². The van der Waals surface area contributed by atoms with E-state index in [1.165, 1.54) is 0 Å². The Balaban J connectivity index is 1.93. The monoisotopic (exact) mass is 270 g/mol. The van der Waals surface area contributed by atoms with Crippen LogP contribution in [-0.2, 0) is 11.3 Å². The van der Waals surface area contributed by atoms with E-state index in [9.17, 15) is 13.6 Å². The predicted octanol–water partition coefficient (Wildman–Crippen LogP) is 1.99. The number of carbonyl (C=O) groups excluding carboxylic acids is 1. The van der Waals surface area contributed by atoms with E-state index in [1.807, 2.05) is 18.2 Å². The van der Waals surface area contributed by atoms with Crippen LogP contribution >= 0.6 is 0 Å². The van der Waals surface area contributed by atoms with Gasteiger partial charge in [-0.3, -0.25) is 4.90 Å². The fourth-order valence-electron chi connectivity index (χ4n) is 2.12. The van der Waals surface area contributed by atoms with Gasteiger partial charge in [0.05, 0.1) is 12.6 Å². The van der Waals surface area contributed by atoms with Crippen LogP contribution in [0.25, 0.3) is 0 Å². The number of hydrogen-bond donors (Lipinski definition) is 1. The summed E-state index contributed by atoms with van der Waals surface area (Å²) in [6, 6.07) is 8.42. The summed E-state index contributed by atoms with van der Waals surface area (Å²) < 4.78 is 31.5. The van der Waals surface area contributed by atoms with E-state index in [1.54, 1.807) is 12.1 Å². The molecule has 0 saturated carbocycles. The number of hydrogen-bond acceptors (Lipinski definition) is 3. The normalized spacial score (nSPS) is 21.4. The van der Waals surface area contributed by atoms with Crippen molar-refractivity contribution in [3.8, 4) is 0 Å². The Hall–Kier alpha value is -1.69. The van der Waals surface area contributed by atoms with Gasteiger partial charge in [0.2, 0.25) is 0 Å². The Morgan fingerprint density at radius 1 is 1.42 bits per heavy atom. The van der Waals surface area contributed by atoms with Gasteiger partial charge in [0.1, 0.15) is 6.61 Å². The Labute approximate surface area is 110 Å². The molecule has 1 unspecified atom stereocenters. The summed E-state index contributed by atoms with van der Waals surface area (Å²) >= 11 is 0. The minimum Gasteiger partial charge on any atom is -0.445 e. The van der Waals surface area contributed by atoms with E-state index >= 15 is 0 Å². The first-order chi connectivity index (χ1) is 9.02. The van der Waals surface area contributed by atoms with Gasteiger partial charge in [0.15, 0.2) is 0 Å². The molecule has 19 heavy (non-hydrogen) atoms. The highest BCUT2D eigenvalue weighted by Gasteiger charge is 2.47. The number of nitrogens with zero attached hydrogens (tertiary/aromatic N) is 1. The van der Waals surface area contributed by atoms with E-state index in [-0.39, 0.29) is 13.2 Å². The SMILES string of the molecule is NCC1CC(F)(F)CN1C(=O)OCc1ccccc1. The second kappa shape index (κ2) is 5.52. The molecule has 0 bridgehead atoms. The lowest BCUT2D eigenvalue weighted by atomic mass is 10.2. The number of rotatable bonds is 3. The number of benzene rings is 1. The molecule has 1 saturated heterocycles. The van der Waals surface area contributed by atoms with Crippen LogP contribution in [0.2, 0.25) is 0 Å². The Kier molecular flexibility index (Phi) is 3.99. The molecule has 1 aromatic carbocycles. The highest BCUT2D eigenvalue weighted by atomic mass is 19.3. The molecule has 1 aromatic rings. The van der Waals surface area contributed by atoms with Gasteiger partial charge in [-0.05, 0) is 5.56 Å². The molecule has 1 amide bonds. The Morgan fingerprint density at radius 3 is 2.74 bits per heavy atom. The molecule has 2 rings (SSSR count). The molecule has 1 aliphatic rings. The number of amides is 1. The first-order valence-electron chi connectivity index (χ1n) is 6.07. The lowest BCUT2D eigenvalue weighted by Gasteiger charge is -2.21. The fraction of sp³-hybridized carbons (Fsp3) is 0.462. The minimum atomic E-state index is -2.88. The number of ether oxygens (including phenoxy) is 1. The van der Waals surface area contributed by atoms with Crippen molar-refractivity contribution in [2.24, 2.45) is 5.73 Å². The molecule has 0 spiro atoms. The lowest BCUT2D eigenvalue weighted by Crippen LogP contribution is -2.40. The fourth-order valence-corrected chi connectivity index (χ4v) is 2.12. The summed E-state index contributed by atoms with van der Waals surface area (Å²) in [5.74, 6) is -2.88. The van der Waals surface area contributed by atoms with Gasteiger partial charge < -0.3 is 10.5 Å². The molecule has 0 radical (unpaired) electrons. The van der Waals surface area contributed by atoms with Gasteiger partial charge in [-0.25, -0.2) is 13.6 Å². The topological polar surface area (TPSA) is 55.6 Å². The molecule has 6 heteroatoms. The van der Waals surface area contributed by atoms with Crippen LogP contribution in [0.4, 0.5) is 13.6 Å². The maximum absolute atomic E-state index is 13.3. The molecule has 1 heterocycles. The van der Waals surface area contributed by atoms with Gasteiger partial charge in [-0.2, -0.15) is 0 Å². The average molecular weight is 270 g/mol. The van der Waals surface area contributed by atoms with Crippen molar-refractivity contribution < 1.29 is 18.3 Å². The summed E-state index contributed by atoms with van der Waals surface area (Å²) in [5.41, 5.74) is 6.22. The van der Waals surface area contributed by atoms with E-state index in [0.717, 1.165) is 10.5 Å². The number of carbonyl (C=O) groups is 1. The molecule has 1 aliphatic heterocycles. The average Bonchev–Trinajstić information content (AvgIpc) is 2.72. The number of nitrogens with two attached hydrogens (primary N) is 1. The molecule has 2 N–H and O–H groups in total. The summed E-state index contributed by atoms with van der Waals surface area (Å²) in [4.78, 5) is 12.8. The highest BCUT2D eigenvalue weighted by Crippen LogP contribution is 2.31. The number of likely N-dealkylation sites (tertiary alicyclic amines) is 1. The Bertz CT molecular complexity index is 440. The summed E-state index contributed by atoms with van der Waals surface area (Å²) in [6.07, 6.45) is -1.14. The zero-order valence-corrected chi connectivity index (χ0v) is 10.4. The van der Waals surface area contributed by atoms with E-state index < -0.39 is 31.0 Å². The van der Waals surface area contributed by atoms with Crippen molar-refractivity contribution >= 4 is 6.09 Å². The summed E-state index contributed by atoms with van der Waals surface area (Å²) in [6.45, 7) is -0.544. The zero-order chi connectivity index (χ0) is 13.9. The Morgan fingerprint density at radius 2 is 2.11 bits per heavy atom. The van der Waals surface area contributed by atoms with Crippen molar-refractivity contribution in [3.05, 3.63) is 35.9 Å². The van der Waals surface area contributed by atoms with Crippen LogP contribution in [0, 0.1) is 0 Å². The van der Waals surface area contributed by atoms with Crippen molar-refractivity contribution in [1.82, 2.24) is 4.90 Å². The molecule has 1 fully saturated rings. The lowest BCUT2D eigenvalue weighted by molar-refractivity contribution is 0.0101. The molecular formula is C13H16F2N2O2. The van der Waals surface area contributed by atoms with Crippen molar-refractivity contribution in [1.29, 1.82) is 0 Å².